The van der Waals surface area contributed by atoms with Crippen molar-refractivity contribution in [2.75, 3.05) is 17.9 Å². The Morgan fingerprint density at radius 3 is 2.59 bits per heavy atom. The number of hydrogen-bond acceptors (Lipinski definition) is 8. The van der Waals surface area contributed by atoms with Crippen LogP contribution >= 0.6 is 0 Å². The van der Waals surface area contributed by atoms with Gasteiger partial charge in [0.05, 0.1) is 12.0 Å². The fourth-order valence-corrected chi connectivity index (χ4v) is 2.58. The fourth-order valence-electron chi connectivity index (χ4n) is 2.58. The number of carbonyl (C=O) groups excluding carboxylic acids is 1. The van der Waals surface area contributed by atoms with E-state index in [1.807, 2.05) is 6.07 Å². The normalized spacial score (nSPS) is 10.1. The van der Waals surface area contributed by atoms with Crippen LogP contribution in [0.5, 0.6) is 5.75 Å². The Kier molecular flexibility index (Phi) is 5.83. The lowest BCUT2D eigenvalue weighted by molar-refractivity contribution is -0.383. The molecule has 1 aromatic heterocycles. The van der Waals surface area contributed by atoms with E-state index >= 15 is 0 Å². The van der Waals surface area contributed by atoms with E-state index in [1.165, 1.54) is 7.11 Å². The molecule has 0 aliphatic heterocycles. The summed E-state index contributed by atoms with van der Waals surface area (Å²) in [6.07, 6.45) is 1.15. The fraction of sp³-hybridized carbons (Fsp3) is 0.105. The van der Waals surface area contributed by atoms with Crippen LogP contribution in [-0.2, 0) is 0 Å². The summed E-state index contributed by atoms with van der Waals surface area (Å²) in [5, 5.41) is 14.5. The number of anilines is 3. The van der Waals surface area contributed by atoms with Gasteiger partial charge in [0.2, 0.25) is 11.6 Å². The van der Waals surface area contributed by atoms with Gasteiger partial charge in [-0.1, -0.05) is 24.3 Å². The molecular weight excluding hydrogens is 376 g/mol. The Morgan fingerprint density at radius 2 is 1.86 bits per heavy atom. The van der Waals surface area contributed by atoms with Crippen LogP contribution in [0.3, 0.4) is 0 Å². The molecule has 0 aliphatic carbocycles. The number of nitrogens with one attached hydrogen (secondary N) is 3. The van der Waals surface area contributed by atoms with Gasteiger partial charge >= 0.3 is 5.69 Å². The van der Waals surface area contributed by atoms with Gasteiger partial charge < -0.3 is 10.1 Å². The maximum Gasteiger partial charge on any atom is 0.355 e. The highest BCUT2D eigenvalue weighted by molar-refractivity contribution is 5.96. The zero-order valence-corrected chi connectivity index (χ0v) is 15.7. The van der Waals surface area contributed by atoms with Crippen LogP contribution in [0.15, 0.2) is 54.9 Å². The number of carbonyl (C=O) groups is 1. The Morgan fingerprint density at radius 1 is 1.10 bits per heavy atom. The van der Waals surface area contributed by atoms with Crippen LogP contribution < -0.4 is 20.9 Å². The standard InChI is InChI=1S/C19H18N6O4/c1-12-6-3-4-9-15(12)19(26)24-23-18-16(25(27)28)17(20-11-21-18)22-13-7-5-8-14(10-13)29-2/h3-11H,1-2H3,(H,24,26)(H2,20,21,22,23). The molecule has 3 aromatic rings. The van der Waals surface area contributed by atoms with Crippen molar-refractivity contribution in [1.82, 2.24) is 15.4 Å². The van der Waals surface area contributed by atoms with Crippen LogP contribution in [0.4, 0.5) is 23.0 Å². The number of benzene rings is 2. The Balaban J connectivity index is 1.84. The number of methoxy groups -OCH3 is 1. The summed E-state index contributed by atoms with van der Waals surface area (Å²) in [4.78, 5) is 31.2. The van der Waals surface area contributed by atoms with Crippen molar-refractivity contribution in [1.29, 1.82) is 0 Å². The number of aromatic nitrogens is 2. The lowest BCUT2D eigenvalue weighted by Gasteiger charge is -2.12. The molecule has 3 rings (SSSR count). The number of hydrazine groups is 1. The first kappa shape index (κ1) is 19.5. The van der Waals surface area contributed by atoms with Crippen LogP contribution in [0.2, 0.25) is 0 Å². The Labute approximate surface area is 166 Å². The van der Waals surface area contributed by atoms with Crippen molar-refractivity contribution < 1.29 is 14.5 Å². The van der Waals surface area contributed by atoms with Gasteiger partial charge in [0.15, 0.2) is 0 Å². The third-order valence-electron chi connectivity index (χ3n) is 4.02. The highest BCUT2D eigenvalue weighted by Crippen LogP contribution is 2.31. The van der Waals surface area contributed by atoms with Crippen molar-refractivity contribution in [3.63, 3.8) is 0 Å². The average Bonchev–Trinajstić information content (AvgIpc) is 2.72. The highest BCUT2D eigenvalue weighted by atomic mass is 16.6. The van der Waals surface area contributed by atoms with Crippen LogP contribution in [0.25, 0.3) is 0 Å². The third-order valence-corrected chi connectivity index (χ3v) is 4.02. The molecule has 0 fully saturated rings. The molecule has 0 unspecified atom stereocenters. The molecule has 10 nitrogen and oxygen atoms in total. The summed E-state index contributed by atoms with van der Waals surface area (Å²) < 4.78 is 5.14. The first-order chi connectivity index (χ1) is 14.0. The molecule has 0 atom stereocenters. The van der Waals surface area contributed by atoms with Gasteiger partial charge in [-0.05, 0) is 30.7 Å². The number of hydrogen-bond donors (Lipinski definition) is 3. The second-order valence-corrected chi connectivity index (χ2v) is 5.93. The second-order valence-electron chi connectivity index (χ2n) is 5.93. The van der Waals surface area contributed by atoms with E-state index in [1.54, 1.807) is 49.4 Å². The first-order valence-corrected chi connectivity index (χ1v) is 8.52. The van der Waals surface area contributed by atoms with E-state index in [0.29, 0.717) is 17.0 Å². The van der Waals surface area contributed by atoms with E-state index < -0.39 is 16.5 Å². The van der Waals surface area contributed by atoms with Crippen LogP contribution in [0.1, 0.15) is 15.9 Å². The molecule has 3 N–H and O–H groups in total. The predicted molar refractivity (Wildman–Crippen MR) is 107 cm³/mol. The van der Waals surface area contributed by atoms with Crippen LogP contribution in [0, 0.1) is 17.0 Å². The van der Waals surface area contributed by atoms with Crippen LogP contribution in [-0.4, -0.2) is 27.9 Å². The van der Waals surface area contributed by atoms with E-state index in [-0.39, 0.29) is 11.6 Å². The summed E-state index contributed by atoms with van der Waals surface area (Å²) in [7, 11) is 1.52. The summed E-state index contributed by atoms with van der Waals surface area (Å²) in [6.45, 7) is 1.79. The zero-order chi connectivity index (χ0) is 20.8. The molecule has 0 radical (unpaired) electrons. The van der Waals surface area contributed by atoms with E-state index in [0.717, 1.165) is 11.9 Å². The molecule has 10 heteroatoms. The molecule has 0 bridgehead atoms. The topological polar surface area (TPSA) is 131 Å². The molecule has 0 saturated heterocycles. The highest BCUT2D eigenvalue weighted by Gasteiger charge is 2.24. The van der Waals surface area contributed by atoms with Gasteiger partial charge in [0.1, 0.15) is 12.1 Å². The number of rotatable bonds is 7. The molecule has 2 aromatic carbocycles. The zero-order valence-electron chi connectivity index (χ0n) is 15.7. The lowest BCUT2D eigenvalue weighted by atomic mass is 10.1. The number of amides is 1. The molecule has 0 aliphatic rings. The summed E-state index contributed by atoms with van der Waals surface area (Å²) in [5.74, 6) is -0.0582. The van der Waals surface area contributed by atoms with Gasteiger partial charge in [0.25, 0.3) is 5.91 Å². The van der Waals surface area contributed by atoms with E-state index in [2.05, 4.69) is 26.1 Å². The number of aryl methyl sites for hydroxylation is 1. The van der Waals surface area contributed by atoms with Crippen molar-refractivity contribution >= 4 is 28.9 Å². The minimum atomic E-state index is -0.634. The van der Waals surface area contributed by atoms with Gasteiger partial charge in [-0.15, -0.1) is 0 Å². The molecule has 1 heterocycles. The SMILES string of the molecule is COc1cccc(Nc2ncnc(NNC(=O)c3ccccc3C)c2[N+](=O)[O-])c1. The Hall–Kier alpha value is -4.21. The molecule has 0 spiro atoms. The molecule has 29 heavy (non-hydrogen) atoms. The van der Waals surface area contributed by atoms with Crippen molar-refractivity contribution in [3.8, 4) is 5.75 Å². The number of nitrogens with zero attached hydrogens (tertiary/aromatic N) is 3. The van der Waals surface area contributed by atoms with Crippen molar-refractivity contribution in [2.45, 2.75) is 6.92 Å². The number of nitro groups is 1. The third kappa shape index (κ3) is 4.56. The van der Waals surface area contributed by atoms with Gasteiger partial charge in [-0.2, -0.15) is 0 Å². The predicted octanol–water partition coefficient (Wildman–Crippen LogP) is 3.20. The van der Waals surface area contributed by atoms with Gasteiger partial charge in [-0.25, -0.2) is 9.97 Å². The monoisotopic (exact) mass is 394 g/mol. The minimum absolute atomic E-state index is 0.0362. The molecular formula is C19H18N6O4. The van der Waals surface area contributed by atoms with Gasteiger partial charge in [0, 0.05) is 17.3 Å². The summed E-state index contributed by atoms with van der Waals surface area (Å²) >= 11 is 0. The smallest absolute Gasteiger partial charge is 0.355 e. The molecule has 148 valence electrons. The largest absolute Gasteiger partial charge is 0.497 e. The van der Waals surface area contributed by atoms with E-state index in [4.69, 9.17) is 4.74 Å². The second kappa shape index (κ2) is 8.65. The minimum Gasteiger partial charge on any atom is -0.497 e. The summed E-state index contributed by atoms with van der Waals surface area (Å²) in [5.41, 5.74) is 6.27. The summed E-state index contributed by atoms with van der Waals surface area (Å²) in [6, 6.07) is 13.8. The van der Waals surface area contributed by atoms with E-state index in [9.17, 15) is 14.9 Å². The van der Waals surface area contributed by atoms with Crippen molar-refractivity contribution in [3.05, 3.63) is 76.1 Å². The van der Waals surface area contributed by atoms with Crippen molar-refractivity contribution in [2.24, 2.45) is 0 Å². The number of ether oxygens (including phenoxy) is 1. The quantitative estimate of drug-likeness (QED) is 0.411. The first-order valence-electron chi connectivity index (χ1n) is 8.52. The average molecular weight is 394 g/mol. The maximum atomic E-state index is 12.4. The molecule has 1 amide bonds. The molecule has 0 saturated carbocycles. The lowest BCUT2D eigenvalue weighted by Crippen LogP contribution is -2.30. The van der Waals surface area contributed by atoms with Gasteiger partial charge in [-0.3, -0.25) is 25.8 Å². The maximum absolute atomic E-state index is 12.4. The Bertz CT molecular complexity index is 1060.